The molecule has 0 N–H and O–H groups in total. The monoisotopic (exact) mass is 335 g/mol. The predicted octanol–water partition coefficient (Wildman–Crippen LogP) is 3.01. The lowest BCUT2D eigenvalue weighted by Crippen LogP contribution is -2.32. The molecule has 5 nitrogen and oxygen atoms in total. The lowest BCUT2D eigenvalue weighted by atomic mass is 10.1. The molecule has 2 aromatic carbocycles. The first-order valence-electron chi connectivity index (χ1n) is 8.36. The number of carbonyl (C=O) groups excluding carboxylic acids is 3. The molecule has 0 radical (unpaired) electrons. The van der Waals surface area contributed by atoms with E-state index in [2.05, 4.69) is 12.1 Å². The first-order valence-corrected chi connectivity index (χ1v) is 8.36. The summed E-state index contributed by atoms with van der Waals surface area (Å²) in [5.41, 5.74) is 1.80. The van der Waals surface area contributed by atoms with Gasteiger partial charge in [0.25, 0.3) is 11.8 Å². The third-order valence-corrected chi connectivity index (χ3v) is 4.79. The minimum Gasteiger partial charge on any atom is -0.330 e. The van der Waals surface area contributed by atoms with Crippen molar-refractivity contribution in [1.29, 1.82) is 0 Å². The molecular formula is C20H17NO4. The molecule has 5 heteroatoms. The summed E-state index contributed by atoms with van der Waals surface area (Å²) in [6.07, 6.45) is 2.13. The van der Waals surface area contributed by atoms with Crippen molar-refractivity contribution in [1.82, 2.24) is 5.06 Å². The van der Waals surface area contributed by atoms with Crippen LogP contribution >= 0.6 is 0 Å². The van der Waals surface area contributed by atoms with Crippen LogP contribution in [0.25, 0.3) is 0 Å². The van der Waals surface area contributed by atoms with Crippen LogP contribution in [0.4, 0.5) is 0 Å². The van der Waals surface area contributed by atoms with Crippen LogP contribution in [-0.2, 0) is 16.1 Å². The van der Waals surface area contributed by atoms with E-state index < -0.39 is 17.8 Å². The van der Waals surface area contributed by atoms with Crippen LogP contribution in [0.1, 0.15) is 39.1 Å². The predicted molar refractivity (Wildman–Crippen MR) is 89.4 cm³/mol. The van der Waals surface area contributed by atoms with E-state index in [1.165, 1.54) is 5.56 Å². The molecule has 0 bridgehead atoms. The molecule has 4 rings (SSSR count). The summed E-state index contributed by atoms with van der Waals surface area (Å²) < 4.78 is 0. The fraction of sp³-hybridized carbons (Fsp3) is 0.250. The molecule has 2 aromatic rings. The average molecular weight is 335 g/mol. The molecule has 0 spiro atoms. The molecule has 1 aliphatic heterocycles. The number of rotatable bonds is 5. The maximum Gasteiger partial charge on any atom is 0.333 e. The van der Waals surface area contributed by atoms with E-state index in [1.54, 1.807) is 24.3 Å². The largest absolute Gasteiger partial charge is 0.333 e. The molecule has 0 aromatic heterocycles. The summed E-state index contributed by atoms with van der Waals surface area (Å²) in [5.74, 6) is -0.980. The van der Waals surface area contributed by atoms with Gasteiger partial charge in [0, 0.05) is 0 Å². The van der Waals surface area contributed by atoms with Crippen LogP contribution in [-0.4, -0.2) is 22.8 Å². The number of hydrogen-bond acceptors (Lipinski definition) is 4. The van der Waals surface area contributed by atoms with Crippen molar-refractivity contribution in [2.24, 2.45) is 11.8 Å². The molecule has 2 amide bonds. The minimum atomic E-state index is -0.578. The smallest absolute Gasteiger partial charge is 0.330 e. The van der Waals surface area contributed by atoms with E-state index in [0.29, 0.717) is 11.0 Å². The molecule has 1 saturated carbocycles. The van der Waals surface area contributed by atoms with E-state index >= 15 is 0 Å². The summed E-state index contributed by atoms with van der Waals surface area (Å²) in [7, 11) is 0. The quantitative estimate of drug-likeness (QED) is 0.788. The van der Waals surface area contributed by atoms with Crippen molar-refractivity contribution in [2.45, 2.75) is 19.3 Å². The third kappa shape index (κ3) is 3.05. The Morgan fingerprint density at radius 1 is 0.920 bits per heavy atom. The molecule has 2 aliphatic rings. The van der Waals surface area contributed by atoms with E-state index in [-0.39, 0.29) is 23.5 Å². The number of benzene rings is 2. The van der Waals surface area contributed by atoms with Crippen LogP contribution in [0.3, 0.4) is 0 Å². The summed E-state index contributed by atoms with van der Waals surface area (Å²) in [5, 5.41) is 0.585. The second-order valence-electron chi connectivity index (χ2n) is 6.56. The van der Waals surface area contributed by atoms with Gasteiger partial charge in [-0.25, -0.2) is 4.79 Å². The Hall–Kier alpha value is -2.95. The Balaban J connectivity index is 1.32. The SMILES string of the molecule is O=C(C[C@@H]1C[C@H]1Cc1ccccc1)ON1C(=O)c2ccccc2C1=O. The maximum absolute atomic E-state index is 12.2. The molecule has 1 fully saturated rings. The van der Waals surface area contributed by atoms with Crippen LogP contribution in [0.15, 0.2) is 54.6 Å². The van der Waals surface area contributed by atoms with Crippen molar-refractivity contribution in [2.75, 3.05) is 0 Å². The van der Waals surface area contributed by atoms with Gasteiger partial charge in [-0.05, 0) is 42.4 Å². The molecule has 0 unspecified atom stereocenters. The molecule has 25 heavy (non-hydrogen) atoms. The van der Waals surface area contributed by atoms with Gasteiger partial charge in [-0.15, -0.1) is 0 Å². The van der Waals surface area contributed by atoms with Gasteiger partial charge in [0.15, 0.2) is 0 Å². The highest BCUT2D eigenvalue weighted by molar-refractivity contribution is 6.20. The van der Waals surface area contributed by atoms with Gasteiger partial charge in [-0.2, -0.15) is 0 Å². The molecule has 1 heterocycles. The van der Waals surface area contributed by atoms with Crippen LogP contribution in [0.5, 0.6) is 0 Å². The average Bonchev–Trinajstić information content (AvgIpc) is 3.30. The van der Waals surface area contributed by atoms with E-state index in [4.69, 9.17) is 4.84 Å². The van der Waals surface area contributed by atoms with Gasteiger partial charge in [0.05, 0.1) is 17.5 Å². The Bertz CT molecular complexity index is 811. The zero-order valence-corrected chi connectivity index (χ0v) is 13.6. The van der Waals surface area contributed by atoms with Gasteiger partial charge < -0.3 is 4.84 Å². The van der Waals surface area contributed by atoms with Gasteiger partial charge in [-0.3, -0.25) is 9.59 Å². The Morgan fingerprint density at radius 3 is 2.16 bits per heavy atom. The van der Waals surface area contributed by atoms with Crippen LogP contribution < -0.4 is 0 Å². The lowest BCUT2D eigenvalue weighted by molar-refractivity contribution is -0.169. The first kappa shape index (κ1) is 15.6. The molecule has 1 aliphatic carbocycles. The molecule has 126 valence electrons. The van der Waals surface area contributed by atoms with Gasteiger partial charge in [0.2, 0.25) is 0 Å². The van der Waals surface area contributed by atoms with Crippen molar-refractivity contribution >= 4 is 17.8 Å². The highest BCUT2D eigenvalue weighted by Crippen LogP contribution is 2.43. The van der Waals surface area contributed by atoms with Gasteiger partial charge in [0.1, 0.15) is 0 Å². The van der Waals surface area contributed by atoms with E-state index in [0.717, 1.165) is 12.8 Å². The minimum absolute atomic E-state index is 0.227. The van der Waals surface area contributed by atoms with E-state index in [1.807, 2.05) is 18.2 Å². The fourth-order valence-corrected chi connectivity index (χ4v) is 3.33. The highest BCUT2D eigenvalue weighted by Gasteiger charge is 2.42. The summed E-state index contributed by atoms with van der Waals surface area (Å²) >= 11 is 0. The second-order valence-corrected chi connectivity index (χ2v) is 6.56. The van der Waals surface area contributed by atoms with Gasteiger partial charge in [-0.1, -0.05) is 47.5 Å². The van der Waals surface area contributed by atoms with Crippen LogP contribution in [0, 0.1) is 11.8 Å². The van der Waals surface area contributed by atoms with Gasteiger partial charge >= 0.3 is 5.97 Å². The van der Waals surface area contributed by atoms with Crippen molar-refractivity contribution in [3.8, 4) is 0 Å². The number of carbonyl (C=O) groups is 3. The number of nitrogens with zero attached hydrogens (tertiary/aromatic N) is 1. The summed E-state index contributed by atoms with van der Waals surface area (Å²) in [6.45, 7) is 0. The van der Waals surface area contributed by atoms with Crippen molar-refractivity contribution in [3.05, 3.63) is 71.3 Å². The molecular weight excluding hydrogens is 318 g/mol. The second kappa shape index (κ2) is 6.16. The number of imide groups is 1. The number of hydrogen-bond donors (Lipinski definition) is 0. The summed E-state index contributed by atoms with van der Waals surface area (Å²) in [6, 6.07) is 16.6. The zero-order chi connectivity index (χ0) is 17.4. The topological polar surface area (TPSA) is 63.7 Å². The zero-order valence-electron chi connectivity index (χ0n) is 13.6. The Kier molecular flexibility index (Phi) is 3.84. The third-order valence-electron chi connectivity index (χ3n) is 4.79. The molecule has 0 saturated heterocycles. The number of amides is 2. The number of fused-ring (bicyclic) bond motifs is 1. The van der Waals surface area contributed by atoms with Crippen LogP contribution in [0.2, 0.25) is 0 Å². The normalized spacial score (nSPS) is 21.2. The maximum atomic E-state index is 12.2. The lowest BCUT2D eigenvalue weighted by Gasteiger charge is -2.12. The number of hydroxylamine groups is 2. The first-order chi connectivity index (χ1) is 12.1. The van der Waals surface area contributed by atoms with Crippen molar-refractivity contribution in [3.63, 3.8) is 0 Å². The Morgan fingerprint density at radius 2 is 1.52 bits per heavy atom. The standard InChI is InChI=1S/C20H17NO4/c22-18(12-15-11-14(15)10-13-6-2-1-3-7-13)25-21-19(23)16-8-4-5-9-17(16)20(21)24/h1-9,14-15H,10-12H2/t14-,15+/m1/s1. The highest BCUT2D eigenvalue weighted by atomic mass is 16.7. The van der Waals surface area contributed by atoms with E-state index in [9.17, 15) is 14.4 Å². The molecule has 2 atom stereocenters. The van der Waals surface area contributed by atoms with Crippen molar-refractivity contribution < 1.29 is 19.2 Å². The fourth-order valence-electron chi connectivity index (χ4n) is 3.33. The Labute approximate surface area is 145 Å². The summed E-state index contributed by atoms with van der Waals surface area (Å²) in [4.78, 5) is 41.5.